The summed E-state index contributed by atoms with van der Waals surface area (Å²) in [6.07, 6.45) is 3.77. The predicted molar refractivity (Wildman–Crippen MR) is 76.0 cm³/mol. The normalized spacial score (nSPS) is 15.1. The van der Waals surface area contributed by atoms with Crippen molar-refractivity contribution in [2.45, 2.75) is 26.1 Å². The molecule has 0 unspecified atom stereocenters. The minimum Gasteiger partial charge on any atom is -0.486 e. The first kappa shape index (κ1) is 13.0. The molecule has 1 aromatic carbocycles. The van der Waals surface area contributed by atoms with Crippen LogP contribution in [0.1, 0.15) is 12.5 Å². The standard InChI is InChI=1S/C15H19N3O2/c1-12(11-18-7-3-6-17-18)16-10-13-4-2-5-14-15(13)20-9-8-19-14/h2-7,12,16H,8-11H2,1H3/t12-/m1/s1. The molecule has 20 heavy (non-hydrogen) atoms. The molecule has 0 saturated heterocycles. The highest BCUT2D eigenvalue weighted by molar-refractivity contribution is 5.47. The average Bonchev–Trinajstić information content (AvgIpc) is 2.98. The zero-order valence-electron chi connectivity index (χ0n) is 11.6. The summed E-state index contributed by atoms with van der Waals surface area (Å²) < 4.78 is 13.2. The molecule has 0 amide bonds. The molecule has 0 spiro atoms. The SMILES string of the molecule is C[C@H](Cn1cccn1)NCc1cccc2c1OCCO2. The maximum absolute atomic E-state index is 5.71. The maximum Gasteiger partial charge on any atom is 0.165 e. The third-order valence-electron chi connectivity index (χ3n) is 3.31. The van der Waals surface area contributed by atoms with Crippen LogP contribution in [0.15, 0.2) is 36.7 Å². The molecule has 0 radical (unpaired) electrons. The fourth-order valence-electron chi connectivity index (χ4n) is 2.31. The summed E-state index contributed by atoms with van der Waals surface area (Å²) >= 11 is 0. The molecule has 0 fully saturated rings. The van der Waals surface area contributed by atoms with Crippen LogP contribution in [-0.2, 0) is 13.1 Å². The summed E-state index contributed by atoms with van der Waals surface area (Å²) in [6, 6.07) is 8.29. The third-order valence-corrected chi connectivity index (χ3v) is 3.31. The molecule has 0 aliphatic carbocycles. The predicted octanol–water partition coefficient (Wildman–Crippen LogP) is 1.83. The van der Waals surface area contributed by atoms with Gasteiger partial charge in [0.05, 0.1) is 6.54 Å². The zero-order valence-corrected chi connectivity index (χ0v) is 11.6. The first-order valence-electron chi connectivity index (χ1n) is 6.91. The second-order valence-corrected chi connectivity index (χ2v) is 4.95. The fraction of sp³-hybridized carbons (Fsp3) is 0.400. The average molecular weight is 273 g/mol. The Labute approximate surface area is 118 Å². The summed E-state index contributed by atoms with van der Waals surface area (Å²) in [5.41, 5.74) is 1.13. The van der Waals surface area contributed by atoms with Crippen molar-refractivity contribution in [1.82, 2.24) is 15.1 Å². The summed E-state index contributed by atoms with van der Waals surface area (Å²) in [7, 11) is 0. The van der Waals surface area contributed by atoms with Gasteiger partial charge in [-0.25, -0.2) is 0 Å². The van der Waals surface area contributed by atoms with Crippen LogP contribution in [0, 0.1) is 0 Å². The van der Waals surface area contributed by atoms with Gasteiger partial charge in [-0.05, 0) is 19.1 Å². The summed E-state index contributed by atoms with van der Waals surface area (Å²) in [5, 5.41) is 7.70. The van der Waals surface area contributed by atoms with Gasteiger partial charge in [0.15, 0.2) is 11.5 Å². The Morgan fingerprint density at radius 1 is 1.30 bits per heavy atom. The second kappa shape index (κ2) is 5.96. The lowest BCUT2D eigenvalue weighted by Gasteiger charge is -2.22. The molecular formula is C15H19N3O2. The second-order valence-electron chi connectivity index (χ2n) is 4.95. The van der Waals surface area contributed by atoms with Crippen molar-refractivity contribution in [1.29, 1.82) is 0 Å². The van der Waals surface area contributed by atoms with Crippen LogP contribution in [-0.4, -0.2) is 29.0 Å². The van der Waals surface area contributed by atoms with E-state index in [9.17, 15) is 0 Å². The Morgan fingerprint density at radius 2 is 2.20 bits per heavy atom. The largest absolute Gasteiger partial charge is 0.486 e. The van der Waals surface area contributed by atoms with Crippen LogP contribution in [0.3, 0.4) is 0 Å². The van der Waals surface area contributed by atoms with E-state index in [4.69, 9.17) is 9.47 Å². The molecule has 5 nitrogen and oxygen atoms in total. The van der Waals surface area contributed by atoms with Gasteiger partial charge in [-0.3, -0.25) is 4.68 Å². The molecular weight excluding hydrogens is 254 g/mol. The van der Waals surface area contributed by atoms with Crippen LogP contribution in [0.2, 0.25) is 0 Å². The van der Waals surface area contributed by atoms with Crippen LogP contribution >= 0.6 is 0 Å². The number of rotatable bonds is 5. The van der Waals surface area contributed by atoms with Gasteiger partial charge in [-0.2, -0.15) is 5.10 Å². The van der Waals surface area contributed by atoms with E-state index < -0.39 is 0 Å². The van der Waals surface area contributed by atoms with Gasteiger partial charge in [0.25, 0.3) is 0 Å². The molecule has 0 bridgehead atoms. The van der Waals surface area contributed by atoms with E-state index in [-0.39, 0.29) is 0 Å². The third kappa shape index (κ3) is 2.93. The number of ether oxygens (including phenoxy) is 2. The van der Waals surface area contributed by atoms with E-state index in [0.717, 1.165) is 30.2 Å². The first-order valence-corrected chi connectivity index (χ1v) is 6.91. The number of nitrogens with zero attached hydrogens (tertiary/aromatic N) is 2. The van der Waals surface area contributed by atoms with Gasteiger partial charge in [-0.1, -0.05) is 12.1 Å². The molecule has 1 aliphatic heterocycles. The van der Waals surface area contributed by atoms with Crippen LogP contribution in [0.25, 0.3) is 0 Å². The molecule has 1 atom stereocenters. The van der Waals surface area contributed by atoms with Crippen LogP contribution < -0.4 is 14.8 Å². The molecule has 2 heterocycles. The van der Waals surface area contributed by atoms with Gasteiger partial charge in [0.1, 0.15) is 13.2 Å². The van der Waals surface area contributed by atoms with E-state index in [2.05, 4.69) is 23.4 Å². The van der Waals surface area contributed by atoms with Crippen molar-refractivity contribution in [3.8, 4) is 11.5 Å². The molecule has 3 rings (SSSR count). The molecule has 0 saturated carbocycles. The van der Waals surface area contributed by atoms with Gasteiger partial charge in [0, 0.05) is 30.5 Å². The minimum absolute atomic E-state index is 0.329. The minimum atomic E-state index is 0.329. The quantitative estimate of drug-likeness (QED) is 0.903. The lowest BCUT2D eigenvalue weighted by atomic mass is 10.1. The first-order chi connectivity index (χ1) is 9.83. The fourth-order valence-corrected chi connectivity index (χ4v) is 2.31. The molecule has 1 N–H and O–H groups in total. The van der Waals surface area contributed by atoms with Crippen LogP contribution in [0.5, 0.6) is 11.5 Å². The molecule has 106 valence electrons. The lowest BCUT2D eigenvalue weighted by Crippen LogP contribution is -2.30. The van der Waals surface area contributed by atoms with E-state index >= 15 is 0 Å². The van der Waals surface area contributed by atoms with Crippen molar-refractivity contribution in [3.63, 3.8) is 0 Å². The number of aromatic nitrogens is 2. The monoisotopic (exact) mass is 273 g/mol. The van der Waals surface area contributed by atoms with Crippen LogP contribution in [0.4, 0.5) is 0 Å². The van der Waals surface area contributed by atoms with Crippen molar-refractivity contribution >= 4 is 0 Å². The Kier molecular flexibility index (Phi) is 3.87. The highest BCUT2D eigenvalue weighted by atomic mass is 16.6. The summed E-state index contributed by atoms with van der Waals surface area (Å²) in [6.45, 7) is 5.00. The van der Waals surface area contributed by atoms with Gasteiger partial charge in [0.2, 0.25) is 0 Å². The Balaban J connectivity index is 1.61. The zero-order chi connectivity index (χ0) is 13.8. The van der Waals surface area contributed by atoms with Crippen molar-refractivity contribution in [2.24, 2.45) is 0 Å². The Morgan fingerprint density at radius 3 is 3.05 bits per heavy atom. The van der Waals surface area contributed by atoms with Gasteiger partial charge < -0.3 is 14.8 Å². The Hall–Kier alpha value is -2.01. The highest BCUT2D eigenvalue weighted by Gasteiger charge is 2.15. The van der Waals surface area contributed by atoms with Crippen molar-refractivity contribution in [2.75, 3.05) is 13.2 Å². The van der Waals surface area contributed by atoms with Crippen molar-refractivity contribution < 1.29 is 9.47 Å². The Bertz CT molecular complexity index is 554. The number of hydrogen-bond acceptors (Lipinski definition) is 4. The number of nitrogens with one attached hydrogen (secondary N) is 1. The van der Waals surface area contributed by atoms with Gasteiger partial charge in [-0.15, -0.1) is 0 Å². The smallest absolute Gasteiger partial charge is 0.165 e. The lowest BCUT2D eigenvalue weighted by molar-refractivity contribution is 0.169. The van der Waals surface area contributed by atoms with E-state index in [0.29, 0.717) is 19.3 Å². The molecule has 1 aromatic heterocycles. The van der Waals surface area contributed by atoms with E-state index in [1.807, 2.05) is 29.1 Å². The van der Waals surface area contributed by atoms with E-state index in [1.165, 1.54) is 0 Å². The van der Waals surface area contributed by atoms with Gasteiger partial charge >= 0.3 is 0 Å². The molecule has 2 aromatic rings. The summed E-state index contributed by atoms with van der Waals surface area (Å²) in [5.74, 6) is 1.72. The molecule has 1 aliphatic rings. The number of fused-ring (bicyclic) bond motifs is 1. The number of hydrogen-bond donors (Lipinski definition) is 1. The maximum atomic E-state index is 5.71. The van der Waals surface area contributed by atoms with Crippen molar-refractivity contribution in [3.05, 3.63) is 42.2 Å². The topological polar surface area (TPSA) is 48.3 Å². The molecule has 5 heteroatoms. The number of benzene rings is 1. The highest BCUT2D eigenvalue weighted by Crippen LogP contribution is 2.33. The van der Waals surface area contributed by atoms with E-state index in [1.54, 1.807) is 6.20 Å². The summed E-state index contributed by atoms with van der Waals surface area (Å²) in [4.78, 5) is 0. The number of para-hydroxylation sites is 1.